The molecule has 1 aliphatic carbocycles. The van der Waals surface area contributed by atoms with Crippen LogP contribution in [0.4, 0.5) is 10.6 Å². The van der Waals surface area contributed by atoms with Gasteiger partial charge in [-0.1, -0.05) is 11.6 Å². The quantitative estimate of drug-likeness (QED) is 0.933. The largest absolute Gasteiger partial charge is 0.340 e. The number of carbonyl (C=O) groups is 1. The number of likely N-dealkylation sites (tertiary alicyclic amines) is 1. The molecule has 0 aromatic carbocycles. The molecule has 8 nitrogen and oxygen atoms in total. The Hall–Kier alpha value is -2.38. The number of hydrogen-bond acceptors (Lipinski definition) is 5. The van der Waals surface area contributed by atoms with Crippen LogP contribution in [-0.4, -0.2) is 43.9 Å². The predicted molar refractivity (Wildman–Crippen MR) is 86.8 cm³/mol. The smallest absolute Gasteiger partial charge is 0.323 e. The van der Waals surface area contributed by atoms with Gasteiger partial charge in [-0.15, -0.1) is 0 Å². The molecule has 128 valence electrons. The summed E-state index contributed by atoms with van der Waals surface area (Å²) in [5.41, 5.74) is 1.08. The molecular weight excluding hydrogens is 308 g/mol. The Kier molecular flexibility index (Phi) is 3.74. The number of carbonyl (C=O) groups excluding carboxylic acids is 1. The van der Waals surface area contributed by atoms with E-state index in [4.69, 9.17) is 4.52 Å². The normalized spacial score (nSPS) is 21.1. The van der Waals surface area contributed by atoms with Crippen LogP contribution in [0.25, 0.3) is 0 Å². The number of anilines is 1. The first-order valence-corrected chi connectivity index (χ1v) is 8.50. The highest BCUT2D eigenvalue weighted by Crippen LogP contribution is 2.36. The van der Waals surface area contributed by atoms with Crippen LogP contribution in [0.3, 0.4) is 0 Å². The molecule has 0 radical (unpaired) electrons. The molecule has 1 N–H and O–H groups in total. The fourth-order valence-corrected chi connectivity index (χ4v) is 3.33. The van der Waals surface area contributed by atoms with Gasteiger partial charge in [0.05, 0.1) is 5.69 Å². The first-order chi connectivity index (χ1) is 11.6. The van der Waals surface area contributed by atoms with E-state index in [9.17, 15) is 4.79 Å². The molecule has 2 fully saturated rings. The Labute approximate surface area is 140 Å². The summed E-state index contributed by atoms with van der Waals surface area (Å²) in [4.78, 5) is 18.6. The highest BCUT2D eigenvalue weighted by atomic mass is 16.5. The molecule has 4 rings (SSSR count). The van der Waals surface area contributed by atoms with Crippen molar-refractivity contribution in [3.63, 3.8) is 0 Å². The molecule has 1 saturated carbocycles. The molecule has 0 spiro atoms. The summed E-state index contributed by atoms with van der Waals surface area (Å²) in [6.45, 7) is 3.08. The second kappa shape index (κ2) is 5.92. The summed E-state index contributed by atoms with van der Waals surface area (Å²) < 4.78 is 6.79. The molecule has 8 heteroatoms. The van der Waals surface area contributed by atoms with E-state index in [2.05, 4.69) is 20.6 Å². The van der Waals surface area contributed by atoms with Gasteiger partial charge in [0.2, 0.25) is 5.89 Å². The minimum atomic E-state index is -0.0964. The van der Waals surface area contributed by atoms with Gasteiger partial charge in [-0.05, 0) is 19.3 Å². The number of hydrogen-bond donors (Lipinski definition) is 1. The lowest BCUT2D eigenvalue weighted by Crippen LogP contribution is -2.33. The average molecular weight is 330 g/mol. The van der Waals surface area contributed by atoms with Gasteiger partial charge >= 0.3 is 6.03 Å². The number of nitrogens with one attached hydrogen (secondary N) is 1. The molecule has 2 aromatic heterocycles. The van der Waals surface area contributed by atoms with Crippen LogP contribution in [0.2, 0.25) is 0 Å². The summed E-state index contributed by atoms with van der Waals surface area (Å²) in [5.74, 6) is 2.70. The van der Waals surface area contributed by atoms with Crippen molar-refractivity contribution in [3.8, 4) is 0 Å². The van der Waals surface area contributed by atoms with Gasteiger partial charge in [0, 0.05) is 45.0 Å². The minimum absolute atomic E-state index is 0.0964. The van der Waals surface area contributed by atoms with Crippen molar-refractivity contribution in [1.82, 2.24) is 24.8 Å². The van der Waals surface area contributed by atoms with E-state index in [1.165, 1.54) is 19.3 Å². The van der Waals surface area contributed by atoms with Gasteiger partial charge in [-0.3, -0.25) is 10.00 Å². The zero-order valence-corrected chi connectivity index (χ0v) is 14.0. The van der Waals surface area contributed by atoms with Crippen molar-refractivity contribution >= 4 is 11.8 Å². The van der Waals surface area contributed by atoms with E-state index in [0.717, 1.165) is 17.9 Å². The van der Waals surface area contributed by atoms with E-state index in [-0.39, 0.29) is 11.9 Å². The third-order valence-corrected chi connectivity index (χ3v) is 5.04. The molecule has 2 amide bonds. The number of aromatic nitrogens is 4. The summed E-state index contributed by atoms with van der Waals surface area (Å²) in [5, 5.41) is 11.5. The first kappa shape index (κ1) is 15.2. The van der Waals surface area contributed by atoms with Gasteiger partial charge in [-0.25, -0.2) is 4.79 Å². The highest BCUT2D eigenvalue weighted by molar-refractivity contribution is 5.88. The molecule has 1 unspecified atom stereocenters. The zero-order valence-electron chi connectivity index (χ0n) is 14.0. The molecule has 2 aromatic rings. The maximum atomic E-state index is 12.5. The number of nitrogens with zero attached hydrogens (tertiary/aromatic N) is 5. The maximum absolute atomic E-state index is 12.5. The molecule has 1 aliphatic heterocycles. The molecule has 24 heavy (non-hydrogen) atoms. The molecule has 0 bridgehead atoms. The van der Waals surface area contributed by atoms with Crippen LogP contribution in [0.5, 0.6) is 0 Å². The van der Waals surface area contributed by atoms with Crippen LogP contribution in [0.1, 0.15) is 54.9 Å². The maximum Gasteiger partial charge on any atom is 0.323 e. The van der Waals surface area contributed by atoms with Gasteiger partial charge in [-0.2, -0.15) is 10.1 Å². The van der Waals surface area contributed by atoms with E-state index in [0.29, 0.717) is 30.7 Å². The zero-order chi connectivity index (χ0) is 16.7. The van der Waals surface area contributed by atoms with Crippen molar-refractivity contribution in [2.24, 2.45) is 7.05 Å². The average Bonchev–Trinajstić information content (AvgIpc) is 3.18. The Bertz CT molecular complexity index is 748. The van der Waals surface area contributed by atoms with Gasteiger partial charge in [0.15, 0.2) is 5.82 Å². The van der Waals surface area contributed by atoms with Crippen LogP contribution in [-0.2, 0) is 7.05 Å². The van der Waals surface area contributed by atoms with E-state index in [1.54, 1.807) is 16.5 Å². The number of urea groups is 1. The topological polar surface area (TPSA) is 89.1 Å². The van der Waals surface area contributed by atoms with E-state index < -0.39 is 0 Å². The van der Waals surface area contributed by atoms with Crippen molar-refractivity contribution in [3.05, 3.63) is 23.5 Å². The van der Waals surface area contributed by atoms with Gasteiger partial charge in [0.1, 0.15) is 5.82 Å². The van der Waals surface area contributed by atoms with Crippen molar-refractivity contribution in [1.29, 1.82) is 0 Å². The lowest BCUT2D eigenvalue weighted by Gasteiger charge is -2.22. The molecular formula is C16H22N6O2. The number of amides is 2. The fourth-order valence-electron chi connectivity index (χ4n) is 3.33. The molecule has 1 atom stereocenters. The lowest BCUT2D eigenvalue weighted by atomic mass is 9.83. The second-order valence-corrected chi connectivity index (χ2v) is 6.74. The number of aryl methyl sites for hydroxylation is 2. The summed E-state index contributed by atoms with van der Waals surface area (Å²) in [7, 11) is 1.87. The summed E-state index contributed by atoms with van der Waals surface area (Å²) >= 11 is 0. The first-order valence-electron chi connectivity index (χ1n) is 8.50. The van der Waals surface area contributed by atoms with E-state index in [1.807, 2.05) is 13.1 Å². The predicted octanol–water partition coefficient (Wildman–Crippen LogP) is 2.40. The second-order valence-electron chi connectivity index (χ2n) is 6.74. The Morgan fingerprint density at radius 3 is 2.83 bits per heavy atom. The van der Waals surface area contributed by atoms with Crippen molar-refractivity contribution < 1.29 is 9.32 Å². The Morgan fingerprint density at radius 1 is 1.33 bits per heavy atom. The van der Waals surface area contributed by atoms with Crippen molar-refractivity contribution in [2.45, 2.75) is 44.4 Å². The van der Waals surface area contributed by atoms with Crippen LogP contribution in [0, 0.1) is 6.92 Å². The summed E-state index contributed by atoms with van der Waals surface area (Å²) in [6, 6.07) is 1.90. The summed E-state index contributed by atoms with van der Waals surface area (Å²) in [6.07, 6.45) is 4.52. The minimum Gasteiger partial charge on any atom is -0.340 e. The monoisotopic (exact) mass is 330 g/mol. The standard InChI is InChI=1S/C16H22N6O2/c1-10-17-15(20-24-10)12-6-7-22(9-12)16(23)18-14-8-13(19-21(14)2)11-4-3-5-11/h8,11-12H,3-7,9H2,1-2H3,(H,18,23). The lowest BCUT2D eigenvalue weighted by molar-refractivity contribution is 0.221. The molecule has 3 heterocycles. The third-order valence-electron chi connectivity index (χ3n) is 5.04. The number of rotatable bonds is 3. The third kappa shape index (κ3) is 2.76. The Morgan fingerprint density at radius 2 is 2.17 bits per heavy atom. The fraction of sp³-hybridized carbons (Fsp3) is 0.625. The molecule has 1 saturated heterocycles. The van der Waals surface area contributed by atoms with E-state index >= 15 is 0 Å². The molecule has 2 aliphatic rings. The van der Waals surface area contributed by atoms with Gasteiger partial charge in [0.25, 0.3) is 0 Å². The SMILES string of the molecule is Cc1nc(C2CCN(C(=O)Nc3cc(C4CCC4)nn3C)C2)no1. The van der Waals surface area contributed by atoms with Crippen LogP contribution in [0.15, 0.2) is 10.6 Å². The van der Waals surface area contributed by atoms with Crippen LogP contribution < -0.4 is 5.32 Å². The highest BCUT2D eigenvalue weighted by Gasteiger charge is 2.31. The van der Waals surface area contributed by atoms with Gasteiger partial charge < -0.3 is 9.42 Å². The van der Waals surface area contributed by atoms with Crippen LogP contribution >= 0.6 is 0 Å². The Balaban J connectivity index is 1.39. The van der Waals surface area contributed by atoms with Crippen molar-refractivity contribution in [2.75, 3.05) is 18.4 Å².